The van der Waals surface area contributed by atoms with Gasteiger partial charge in [0.1, 0.15) is 41.3 Å². The molecule has 4 rings (SSSR count). The molecule has 1 unspecified atom stereocenters. The van der Waals surface area contributed by atoms with Crippen LogP contribution in [0, 0.1) is 0 Å². The maximum atomic E-state index is 13.8. The summed E-state index contributed by atoms with van der Waals surface area (Å²) in [7, 11) is 6.67. The number of fused-ring (bicyclic) bond motifs is 1. The Kier molecular flexibility index (Phi) is 9.09. The van der Waals surface area contributed by atoms with Crippen LogP contribution >= 0.6 is 11.8 Å². The van der Waals surface area contributed by atoms with Crippen LogP contribution in [0.4, 0.5) is 13.2 Å². The van der Waals surface area contributed by atoms with E-state index >= 15 is 0 Å². The van der Waals surface area contributed by atoms with Gasteiger partial charge in [0, 0.05) is 14.1 Å². The number of hydrogen-bond acceptors (Lipinski definition) is 9. The van der Waals surface area contributed by atoms with E-state index in [9.17, 15) is 18.3 Å². The van der Waals surface area contributed by atoms with Gasteiger partial charge in [-0.05, 0) is 35.4 Å². The summed E-state index contributed by atoms with van der Waals surface area (Å²) >= 11 is 1.19. The molecule has 0 radical (unpaired) electrons. The molecule has 0 amide bonds. The van der Waals surface area contributed by atoms with Crippen molar-refractivity contribution in [3.8, 4) is 11.5 Å². The summed E-state index contributed by atoms with van der Waals surface area (Å²) in [5.41, 5.74) is 0.717. The molecule has 6 atom stereocenters. The molecule has 2 aromatic carbocycles. The molecule has 0 aliphatic carbocycles. The number of ether oxygens (including phenoxy) is 5. The number of aliphatic hydroxyl groups is 1. The Hall–Kier alpha value is -2.51. The molecule has 8 nitrogen and oxygen atoms in total. The van der Waals surface area contributed by atoms with E-state index in [0.29, 0.717) is 22.2 Å². The van der Waals surface area contributed by atoms with E-state index in [2.05, 4.69) is 0 Å². The first-order valence-electron chi connectivity index (χ1n) is 11.9. The smallest absolute Gasteiger partial charge is 0.417 e. The van der Waals surface area contributed by atoms with Crippen molar-refractivity contribution in [2.24, 2.45) is 4.99 Å². The summed E-state index contributed by atoms with van der Waals surface area (Å²) < 4.78 is 69.7. The number of aliphatic hydroxyl groups excluding tert-OH is 1. The Balaban J connectivity index is 1.63. The first-order valence-corrected chi connectivity index (χ1v) is 12.8. The van der Waals surface area contributed by atoms with Crippen LogP contribution < -0.4 is 9.47 Å². The van der Waals surface area contributed by atoms with E-state index < -0.39 is 42.1 Å². The number of hydrogen-bond donors (Lipinski definition) is 1. The van der Waals surface area contributed by atoms with E-state index in [0.717, 1.165) is 5.56 Å². The number of benzene rings is 2. The van der Waals surface area contributed by atoms with Gasteiger partial charge in [-0.25, -0.2) is 0 Å². The predicted octanol–water partition coefficient (Wildman–Crippen LogP) is 3.86. The lowest BCUT2D eigenvalue weighted by atomic mass is 9.93. The maximum absolute atomic E-state index is 13.8. The van der Waals surface area contributed by atoms with E-state index in [4.69, 9.17) is 28.7 Å². The monoisotopic (exact) mass is 556 g/mol. The lowest BCUT2D eigenvalue weighted by Gasteiger charge is -2.44. The van der Waals surface area contributed by atoms with Crippen molar-refractivity contribution in [3.05, 3.63) is 59.7 Å². The number of aliphatic imine (C=N–C) groups is 1. The van der Waals surface area contributed by atoms with Crippen molar-refractivity contribution in [1.82, 2.24) is 4.90 Å². The Labute approximate surface area is 223 Å². The van der Waals surface area contributed by atoms with Crippen molar-refractivity contribution in [3.63, 3.8) is 0 Å². The van der Waals surface area contributed by atoms with Gasteiger partial charge in [0.2, 0.25) is 0 Å². The quantitative estimate of drug-likeness (QED) is 0.499. The third-order valence-electron chi connectivity index (χ3n) is 6.27. The summed E-state index contributed by atoms with van der Waals surface area (Å²) in [6.45, 7) is 0.0584. The molecule has 1 N–H and O–H groups in total. The molecule has 2 aliphatic heterocycles. The molecule has 0 saturated carbocycles. The SMILES string of the molecule is COc1ccc(CO[C@@H]2[C@H]3N=C(N(C)C)S[C@H]3O[C@H](C(O)C(F)(F)F)[C@@H]2OCc2ccc(OC)cc2)cc1. The topological polar surface area (TPSA) is 82.0 Å². The van der Waals surface area contributed by atoms with Crippen molar-refractivity contribution < 1.29 is 42.0 Å². The van der Waals surface area contributed by atoms with Gasteiger partial charge in [0.15, 0.2) is 11.3 Å². The minimum absolute atomic E-state index is 0.0315. The molecule has 38 heavy (non-hydrogen) atoms. The lowest BCUT2D eigenvalue weighted by Crippen LogP contribution is -2.62. The molecule has 2 aliphatic rings. The van der Waals surface area contributed by atoms with Crippen LogP contribution in [0.3, 0.4) is 0 Å². The van der Waals surface area contributed by atoms with Gasteiger partial charge in [-0.3, -0.25) is 4.99 Å². The highest BCUT2D eigenvalue weighted by atomic mass is 32.2. The highest BCUT2D eigenvalue weighted by Gasteiger charge is 2.57. The minimum atomic E-state index is -4.92. The van der Waals surface area contributed by atoms with E-state index in [-0.39, 0.29) is 13.2 Å². The number of nitrogens with zero attached hydrogens (tertiary/aromatic N) is 2. The number of thioether (sulfide) groups is 1. The fourth-order valence-corrected chi connectivity index (χ4v) is 5.36. The van der Waals surface area contributed by atoms with E-state index in [1.165, 1.54) is 18.9 Å². The average molecular weight is 557 g/mol. The van der Waals surface area contributed by atoms with Crippen molar-refractivity contribution in [2.75, 3.05) is 28.3 Å². The molecule has 0 aromatic heterocycles. The van der Waals surface area contributed by atoms with Gasteiger partial charge in [-0.2, -0.15) is 13.2 Å². The normalized spacial score (nSPS) is 25.9. The van der Waals surface area contributed by atoms with Crippen LogP contribution in [0.5, 0.6) is 11.5 Å². The van der Waals surface area contributed by atoms with Gasteiger partial charge < -0.3 is 33.7 Å². The third-order valence-corrected chi connectivity index (χ3v) is 7.57. The van der Waals surface area contributed by atoms with Crippen LogP contribution in [-0.2, 0) is 27.4 Å². The summed E-state index contributed by atoms with van der Waals surface area (Å²) in [6.07, 6.45) is -11.6. The maximum Gasteiger partial charge on any atom is 0.417 e. The molecule has 2 heterocycles. The van der Waals surface area contributed by atoms with Crippen LogP contribution in [0.25, 0.3) is 0 Å². The van der Waals surface area contributed by atoms with Gasteiger partial charge in [0.25, 0.3) is 0 Å². The average Bonchev–Trinajstić information content (AvgIpc) is 3.34. The third kappa shape index (κ3) is 6.55. The molecule has 1 saturated heterocycles. The van der Waals surface area contributed by atoms with Crippen molar-refractivity contribution in [1.29, 1.82) is 0 Å². The predicted molar refractivity (Wildman–Crippen MR) is 136 cm³/mol. The first-order chi connectivity index (χ1) is 18.1. The summed E-state index contributed by atoms with van der Waals surface area (Å²) in [5, 5.41) is 10.9. The number of alkyl halides is 3. The molecule has 0 bridgehead atoms. The highest BCUT2D eigenvalue weighted by molar-refractivity contribution is 8.14. The zero-order valence-corrected chi connectivity index (χ0v) is 22.2. The summed E-state index contributed by atoms with van der Waals surface area (Å²) in [5.74, 6) is 1.30. The summed E-state index contributed by atoms with van der Waals surface area (Å²) in [4.78, 5) is 6.45. The number of rotatable bonds is 9. The minimum Gasteiger partial charge on any atom is -0.497 e. The zero-order chi connectivity index (χ0) is 27.4. The zero-order valence-electron chi connectivity index (χ0n) is 21.4. The fraction of sp³-hybridized carbons (Fsp3) is 0.500. The second kappa shape index (κ2) is 12.1. The Morgan fingerprint density at radius 3 is 1.87 bits per heavy atom. The van der Waals surface area contributed by atoms with Crippen LogP contribution in [0.1, 0.15) is 11.1 Å². The number of methoxy groups -OCH3 is 2. The van der Waals surface area contributed by atoms with Gasteiger partial charge >= 0.3 is 6.18 Å². The molecular weight excluding hydrogens is 525 g/mol. The van der Waals surface area contributed by atoms with Crippen molar-refractivity contribution >= 4 is 16.9 Å². The first kappa shape index (κ1) is 28.5. The Morgan fingerprint density at radius 1 is 0.921 bits per heavy atom. The molecule has 12 heteroatoms. The van der Waals surface area contributed by atoms with Crippen molar-refractivity contribution in [2.45, 2.75) is 55.3 Å². The second-order valence-corrected chi connectivity index (χ2v) is 10.2. The van der Waals surface area contributed by atoms with Crippen LogP contribution in [-0.4, -0.2) is 85.6 Å². The van der Waals surface area contributed by atoms with Gasteiger partial charge in [-0.15, -0.1) is 0 Å². The van der Waals surface area contributed by atoms with Gasteiger partial charge in [0.05, 0.1) is 27.4 Å². The number of amidine groups is 1. The van der Waals surface area contributed by atoms with E-state index in [1.54, 1.807) is 62.5 Å². The second-order valence-electron chi connectivity index (χ2n) is 9.12. The molecule has 0 spiro atoms. The van der Waals surface area contributed by atoms with Crippen LogP contribution in [0.2, 0.25) is 0 Å². The largest absolute Gasteiger partial charge is 0.497 e. The standard InChI is InChI=1S/C26H31F3N2O6S/c1-31(2)25-30-19-20(35-13-15-5-9-17(33-3)10-6-15)21(36-14-16-7-11-18(34-4)12-8-16)22(37-24(19)38-25)23(32)26(27,28)29/h5-12,19-24,32H,13-14H2,1-4H3/t19-,20-,21-,22+,23?,24-/m1/s1. The summed E-state index contributed by atoms with van der Waals surface area (Å²) in [6, 6.07) is 13.5. The van der Waals surface area contributed by atoms with Crippen LogP contribution in [0.15, 0.2) is 53.5 Å². The highest BCUT2D eigenvalue weighted by Crippen LogP contribution is 2.42. The number of halogens is 3. The lowest BCUT2D eigenvalue weighted by molar-refractivity contribution is -0.283. The molecule has 208 valence electrons. The van der Waals surface area contributed by atoms with E-state index in [1.807, 2.05) is 12.1 Å². The fourth-order valence-electron chi connectivity index (χ4n) is 4.22. The Morgan fingerprint density at radius 2 is 1.42 bits per heavy atom. The molecule has 2 aromatic rings. The molecule has 1 fully saturated rings. The molecular formula is C26H31F3N2O6S. The van der Waals surface area contributed by atoms with Gasteiger partial charge in [-0.1, -0.05) is 36.0 Å². The Bertz CT molecular complexity index is 1080.